The average molecular weight is 182 g/mol. The normalized spacial score (nSPS) is 49.4. The molecule has 0 spiro atoms. The minimum absolute atomic E-state index is 0.124. The molecule has 0 aromatic carbocycles. The number of hydrogen-bond donors (Lipinski definition) is 1. The van der Waals surface area contributed by atoms with Crippen LogP contribution in [0.3, 0.4) is 0 Å². The van der Waals surface area contributed by atoms with Gasteiger partial charge in [-0.15, -0.1) is 0 Å². The molecule has 2 saturated carbocycles. The Morgan fingerprint density at radius 3 is 2.85 bits per heavy atom. The minimum Gasteiger partial charge on any atom is -0.388 e. The molecular weight excluding hydrogens is 168 g/mol. The van der Waals surface area contributed by atoms with Gasteiger partial charge in [0.2, 0.25) is 0 Å². The van der Waals surface area contributed by atoms with Gasteiger partial charge in [0.05, 0.1) is 11.0 Å². The molecule has 0 bridgehead atoms. The van der Waals surface area contributed by atoms with E-state index >= 15 is 0 Å². The van der Waals surface area contributed by atoms with E-state index in [-0.39, 0.29) is 11.7 Å². The molecule has 0 amide bonds. The van der Waals surface area contributed by atoms with Crippen molar-refractivity contribution in [3.05, 3.63) is 0 Å². The maximum Gasteiger partial charge on any atom is 0.141 e. The third-order valence-electron chi connectivity index (χ3n) is 4.04. The zero-order valence-electron chi connectivity index (χ0n) is 7.75. The molecule has 3 heteroatoms. The van der Waals surface area contributed by atoms with Crippen LogP contribution in [0.4, 0.5) is 0 Å². The van der Waals surface area contributed by atoms with E-state index in [2.05, 4.69) is 0 Å². The lowest BCUT2D eigenvalue weighted by atomic mass is 9.75. The summed E-state index contributed by atoms with van der Waals surface area (Å²) in [6.07, 6.45) is 3.01. The first kappa shape index (κ1) is 8.88. The largest absolute Gasteiger partial charge is 0.388 e. The van der Waals surface area contributed by atoms with Crippen molar-refractivity contribution in [3.63, 3.8) is 0 Å². The molecule has 1 N–H and O–H groups in total. The van der Waals surface area contributed by atoms with Crippen molar-refractivity contribution < 1.29 is 14.7 Å². The fraction of sp³-hybridized carbons (Fsp3) is 0.800. The zero-order valence-corrected chi connectivity index (χ0v) is 7.75. The number of rotatable bonds is 1. The summed E-state index contributed by atoms with van der Waals surface area (Å²) < 4.78 is 0. The van der Waals surface area contributed by atoms with E-state index in [0.29, 0.717) is 25.7 Å². The first-order valence-electron chi connectivity index (χ1n) is 4.75. The summed E-state index contributed by atoms with van der Waals surface area (Å²) in [4.78, 5) is 22.3. The van der Waals surface area contributed by atoms with Gasteiger partial charge in [-0.05, 0) is 26.2 Å². The molecule has 0 aliphatic heterocycles. The molecule has 0 saturated heterocycles. The number of Topliss-reactive ketones (excluding diaryl/α,β-unsaturated/α-hetero) is 1. The number of ketones is 1. The van der Waals surface area contributed by atoms with Crippen molar-refractivity contribution in [3.8, 4) is 0 Å². The van der Waals surface area contributed by atoms with Gasteiger partial charge >= 0.3 is 0 Å². The van der Waals surface area contributed by atoms with Crippen LogP contribution in [-0.2, 0) is 9.59 Å². The standard InChI is InChI=1S/C10H14O3/c1-9-4-2-7(6-11)10(9,13)5-3-8(9)12/h6-7,13H,2-5H2,1H3/t7?,9-,10+/m1/s1. The Kier molecular flexibility index (Phi) is 1.65. The Morgan fingerprint density at radius 2 is 2.23 bits per heavy atom. The molecule has 3 atom stereocenters. The molecule has 2 aliphatic rings. The van der Waals surface area contributed by atoms with E-state index in [9.17, 15) is 14.7 Å². The number of carbonyl (C=O) groups is 2. The molecule has 2 rings (SSSR count). The second-order valence-corrected chi connectivity index (χ2v) is 4.46. The van der Waals surface area contributed by atoms with Crippen LogP contribution in [0.2, 0.25) is 0 Å². The van der Waals surface area contributed by atoms with Crippen LogP contribution >= 0.6 is 0 Å². The molecule has 0 aromatic heterocycles. The van der Waals surface area contributed by atoms with Gasteiger partial charge in [0.25, 0.3) is 0 Å². The van der Waals surface area contributed by atoms with E-state index in [4.69, 9.17) is 0 Å². The number of hydrogen-bond acceptors (Lipinski definition) is 3. The van der Waals surface area contributed by atoms with Gasteiger partial charge in [-0.3, -0.25) is 4.79 Å². The Hall–Kier alpha value is -0.700. The van der Waals surface area contributed by atoms with Crippen molar-refractivity contribution in [2.45, 2.75) is 38.2 Å². The van der Waals surface area contributed by atoms with Crippen LogP contribution in [-0.4, -0.2) is 22.8 Å². The predicted octanol–water partition coefficient (Wildman–Crippen LogP) is 0.696. The van der Waals surface area contributed by atoms with Crippen molar-refractivity contribution in [1.29, 1.82) is 0 Å². The molecular formula is C10H14O3. The highest BCUT2D eigenvalue weighted by Gasteiger charge is 2.63. The summed E-state index contributed by atoms with van der Waals surface area (Å²) in [6.45, 7) is 1.80. The van der Waals surface area contributed by atoms with Gasteiger partial charge in [0.15, 0.2) is 0 Å². The second kappa shape index (κ2) is 2.41. The van der Waals surface area contributed by atoms with E-state index in [1.807, 2.05) is 0 Å². The summed E-state index contributed by atoms with van der Waals surface area (Å²) >= 11 is 0. The monoisotopic (exact) mass is 182 g/mol. The first-order chi connectivity index (χ1) is 6.04. The van der Waals surface area contributed by atoms with Crippen molar-refractivity contribution in [2.75, 3.05) is 0 Å². The topological polar surface area (TPSA) is 54.4 Å². The smallest absolute Gasteiger partial charge is 0.141 e. The number of carbonyl (C=O) groups excluding carboxylic acids is 2. The Bertz CT molecular complexity index is 273. The number of aldehydes is 1. The molecule has 0 heterocycles. The summed E-state index contributed by atoms with van der Waals surface area (Å²) in [5, 5.41) is 10.3. The third kappa shape index (κ3) is 0.831. The van der Waals surface area contributed by atoms with Crippen LogP contribution in [0.25, 0.3) is 0 Å². The fourth-order valence-corrected chi connectivity index (χ4v) is 2.91. The number of fused-ring (bicyclic) bond motifs is 1. The van der Waals surface area contributed by atoms with Gasteiger partial charge in [-0.25, -0.2) is 0 Å². The molecule has 1 unspecified atom stereocenters. The zero-order chi connectivity index (χ0) is 9.69. The Labute approximate surface area is 77.1 Å². The van der Waals surface area contributed by atoms with Crippen LogP contribution < -0.4 is 0 Å². The lowest BCUT2D eigenvalue weighted by Gasteiger charge is -2.33. The van der Waals surface area contributed by atoms with Crippen molar-refractivity contribution >= 4 is 12.1 Å². The quantitative estimate of drug-likeness (QED) is 0.607. The molecule has 13 heavy (non-hydrogen) atoms. The summed E-state index contributed by atoms with van der Waals surface area (Å²) in [5.74, 6) is -0.205. The molecule has 0 aromatic rings. The lowest BCUT2D eigenvalue weighted by Crippen LogP contribution is -2.45. The SMILES string of the molecule is C[C@]12CCC(C=O)[C@@]1(O)CCC2=O. The van der Waals surface area contributed by atoms with E-state index in [0.717, 1.165) is 6.29 Å². The van der Waals surface area contributed by atoms with Gasteiger partial charge in [0, 0.05) is 12.3 Å². The van der Waals surface area contributed by atoms with Gasteiger partial charge in [-0.1, -0.05) is 0 Å². The first-order valence-corrected chi connectivity index (χ1v) is 4.75. The summed E-state index contributed by atoms with van der Waals surface area (Å²) in [7, 11) is 0. The van der Waals surface area contributed by atoms with Crippen LogP contribution in [0, 0.1) is 11.3 Å². The summed E-state index contributed by atoms with van der Waals surface area (Å²) in [5.41, 5.74) is -1.68. The molecule has 2 aliphatic carbocycles. The van der Waals surface area contributed by atoms with E-state index in [1.54, 1.807) is 6.92 Å². The predicted molar refractivity (Wildman–Crippen MR) is 46.1 cm³/mol. The lowest BCUT2D eigenvalue weighted by molar-refractivity contribution is -0.136. The third-order valence-corrected chi connectivity index (χ3v) is 4.04. The van der Waals surface area contributed by atoms with E-state index < -0.39 is 11.0 Å². The maximum atomic E-state index is 11.6. The van der Waals surface area contributed by atoms with Gasteiger partial charge in [-0.2, -0.15) is 0 Å². The van der Waals surface area contributed by atoms with Crippen LogP contribution in [0.5, 0.6) is 0 Å². The molecule has 2 fully saturated rings. The Balaban J connectivity index is 2.43. The molecule has 72 valence electrons. The van der Waals surface area contributed by atoms with E-state index in [1.165, 1.54) is 0 Å². The maximum absolute atomic E-state index is 11.6. The van der Waals surface area contributed by atoms with Crippen LogP contribution in [0.15, 0.2) is 0 Å². The molecule has 3 nitrogen and oxygen atoms in total. The van der Waals surface area contributed by atoms with Crippen molar-refractivity contribution in [2.24, 2.45) is 11.3 Å². The number of aliphatic hydroxyl groups is 1. The Morgan fingerprint density at radius 1 is 1.54 bits per heavy atom. The van der Waals surface area contributed by atoms with Crippen molar-refractivity contribution in [1.82, 2.24) is 0 Å². The molecule has 0 radical (unpaired) electrons. The highest BCUT2D eigenvalue weighted by Crippen LogP contribution is 2.56. The second-order valence-electron chi connectivity index (χ2n) is 4.46. The average Bonchev–Trinajstić information content (AvgIpc) is 2.48. The highest BCUT2D eigenvalue weighted by atomic mass is 16.3. The fourth-order valence-electron chi connectivity index (χ4n) is 2.91. The summed E-state index contributed by atoms with van der Waals surface area (Å²) in [6, 6.07) is 0. The minimum atomic E-state index is -1.04. The van der Waals surface area contributed by atoms with Gasteiger partial charge < -0.3 is 9.90 Å². The highest BCUT2D eigenvalue weighted by molar-refractivity contribution is 5.90. The van der Waals surface area contributed by atoms with Gasteiger partial charge in [0.1, 0.15) is 12.1 Å². The van der Waals surface area contributed by atoms with Crippen LogP contribution in [0.1, 0.15) is 32.6 Å².